The van der Waals surface area contributed by atoms with Crippen LogP contribution in [0.25, 0.3) is 0 Å². The zero-order chi connectivity index (χ0) is 13.5. The van der Waals surface area contributed by atoms with E-state index in [1.54, 1.807) is 7.05 Å². The van der Waals surface area contributed by atoms with Gasteiger partial charge in [0.05, 0.1) is 17.9 Å². The lowest BCUT2D eigenvalue weighted by atomic mass is 10.1. The molecule has 0 saturated heterocycles. The number of nitrogens with zero attached hydrogens (tertiary/aromatic N) is 1. The summed E-state index contributed by atoms with van der Waals surface area (Å²) in [5.74, 6) is 4.37. The second-order valence-electron chi connectivity index (χ2n) is 3.73. The number of hydrazine groups is 1. The molecule has 1 aromatic carbocycles. The molecule has 0 unspecified atom stereocenters. The molecule has 6 heteroatoms. The van der Waals surface area contributed by atoms with Crippen LogP contribution in [-0.2, 0) is 4.74 Å². The van der Waals surface area contributed by atoms with Crippen LogP contribution in [0.2, 0.25) is 0 Å². The van der Waals surface area contributed by atoms with Crippen LogP contribution in [0.15, 0.2) is 18.2 Å². The van der Waals surface area contributed by atoms with Gasteiger partial charge in [-0.25, -0.2) is 4.39 Å². The Morgan fingerprint density at radius 2 is 2.28 bits per heavy atom. The summed E-state index contributed by atoms with van der Waals surface area (Å²) >= 11 is 0. The Hall–Kier alpha value is -1.66. The second-order valence-corrected chi connectivity index (χ2v) is 3.73. The molecule has 0 radical (unpaired) electrons. The first-order valence-corrected chi connectivity index (χ1v) is 5.70. The topological polar surface area (TPSA) is 67.6 Å². The lowest BCUT2D eigenvalue weighted by molar-refractivity contribution is 0.0710. The number of carbonyl (C=O) groups excluding carboxylic acids is 1. The zero-order valence-electron chi connectivity index (χ0n) is 10.6. The van der Waals surface area contributed by atoms with Crippen LogP contribution >= 0.6 is 0 Å². The van der Waals surface area contributed by atoms with E-state index in [0.717, 1.165) is 0 Å². The Morgan fingerprint density at radius 1 is 1.56 bits per heavy atom. The maximum Gasteiger partial charge on any atom is 0.255 e. The maximum atomic E-state index is 13.4. The van der Waals surface area contributed by atoms with Gasteiger partial charge in [0, 0.05) is 20.2 Å². The van der Waals surface area contributed by atoms with Crippen LogP contribution in [-0.4, -0.2) is 37.6 Å². The van der Waals surface area contributed by atoms with E-state index in [1.807, 2.05) is 6.92 Å². The summed E-state index contributed by atoms with van der Waals surface area (Å²) in [6.07, 6.45) is 0. The molecular formula is C12H18FN3O2. The number of carbonyl (C=O) groups is 1. The quantitative estimate of drug-likeness (QED) is 0.455. The van der Waals surface area contributed by atoms with Gasteiger partial charge in [0.25, 0.3) is 5.91 Å². The van der Waals surface area contributed by atoms with Crippen molar-refractivity contribution in [2.24, 2.45) is 5.84 Å². The predicted molar refractivity (Wildman–Crippen MR) is 67.7 cm³/mol. The minimum Gasteiger partial charge on any atom is -0.380 e. The average Bonchev–Trinajstić information content (AvgIpc) is 2.37. The number of hydrogen-bond acceptors (Lipinski definition) is 4. The lowest BCUT2D eigenvalue weighted by Crippen LogP contribution is -2.31. The van der Waals surface area contributed by atoms with Crippen molar-refractivity contribution in [3.05, 3.63) is 29.6 Å². The van der Waals surface area contributed by atoms with Crippen LogP contribution in [0.5, 0.6) is 0 Å². The van der Waals surface area contributed by atoms with Gasteiger partial charge in [0.1, 0.15) is 5.82 Å². The van der Waals surface area contributed by atoms with E-state index >= 15 is 0 Å². The number of nitrogen functional groups attached to an aromatic ring is 1. The number of anilines is 1. The summed E-state index contributed by atoms with van der Waals surface area (Å²) in [6.45, 7) is 3.36. The van der Waals surface area contributed by atoms with E-state index in [2.05, 4.69) is 5.43 Å². The number of amides is 1. The Labute approximate surface area is 106 Å². The molecular weight excluding hydrogens is 237 g/mol. The van der Waals surface area contributed by atoms with Gasteiger partial charge >= 0.3 is 0 Å². The van der Waals surface area contributed by atoms with E-state index in [4.69, 9.17) is 10.6 Å². The highest BCUT2D eigenvalue weighted by molar-refractivity contribution is 5.99. The van der Waals surface area contributed by atoms with Crippen LogP contribution in [0.1, 0.15) is 17.3 Å². The van der Waals surface area contributed by atoms with Gasteiger partial charge in [-0.3, -0.25) is 10.6 Å². The lowest BCUT2D eigenvalue weighted by Gasteiger charge is -2.18. The van der Waals surface area contributed by atoms with Gasteiger partial charge in [-0.2, -0.15) is 0 Å². The summed E-state index contributed by atoms with van der Waals surface area (Å²) in [6, 6.07) is 4.24. The van der Waals surface area contributed by atoms with E-state index in [0.29, 0.717) is 19.8 Å². The molecule has 1 amide bonds. The smallest absolute Gasteiger partial charge is 0.255 e. The first-order chi connectivity index (χ1) is 8.61. The van der Waals surface area contributed by atoms with Crippen molar-refractivity contribution in [3.8, 4) is 0 Å². The van der Waals surface area contributed by atoms with Gasteiger partial charge in [-0.1, -0.05) is 6.07 Å². The Kier molecular flexibility index (Phi) is 5.54. The molecule has 0 spiro atoms. The first-order valence-electron chi connectivity index (χ1n) is 5.70. The number of likely N-dealkylation sites (N-methyl/N-ethyl adjacent to an activating group) is 1. The summed E-state index contributed by atoms with van der Waals surface area (Å²) in [5.41, 5.74) is 2.42. The largest absolute Gasteiger partial charge is 0.380 e. The Bertz CT molecular complexity index is 412. The molecule has 1 aromatic rings. The Balaban J connectivity index is 2.80. The van der Waals surface area contributed by atoms with E-state index in [-0.39, 0.29) is 17.2 Å². The third-order valence-electron chi connectivity index (χ3n) is 2.51. The van der Waals surface area contributed by atoms with Crippen molar-refractivity contribution < 1.29 is 13.9 Å². The van der Waals surface area contributed by atoms with Crippen LogP contribution in [0.4, 0.5) is 10.1 Å². The fourth-order valence-corrected chi connectivity index (χ4v) is 1.50. The standard InChI is InChI=1S/C12H18FN3O2/c1-3-18-8-7-16(2)12(17)9-5-4-6-10(13)11(9)15-14/h4-6,15H,3,7-8,14H2,1-2H3. The number of hydrogen-bond donors (Lipinski definition) is 2. The van der Waals surface area contributed by atoms with Crippen molar-refractivity contribution in [1.29, 1.82) is 0 Å². The normalized spacial score (nSPS) is 10.2. The van der Waals surface area contributed by atoms with Crippen molar-refractivity contribution in [2.45, 2.75) is 6.92 Å². The summed E-state index contributed by atoms with van der Waals surface area (Å²) in [5, 5.41) is 0. The summed E-state index contributed by atoms with van der Waals surface area (Å²) in [7, 11) is 1.63. The maximum absolute atomic E-state index is 13.4. The highest BCUT2D eigenvalue weighted by Gasteiger charge is 2.17. The fraction of sp³-hybridized carbons (Fsp3) is 0.417. The van der Waals surface area contributed by atoms with Crippen molar-refractivity contribution in [1.82, 2.24) is 4.90 Å². The van der Waals surface area contributed by atoms with Crippen molar-refractivity contribution in [2.75, 3.05) is 32.2 Å². The average molecular weight is 255 g/mol. The summed E-state index contributed by atoms with van der Waals surface area (Å²) < 4.78 is 18.6. The van der Waals surface area contributed by atoms with E-state index < -0.39 is 5.82 Å². The van der Waals surface area contributed by atoms with Crippen molar-refractivity contribution in [3.63, 3.8) is 0 Å². The van der Waals surface area contributed by atoms with Crippen LogP contribution in [0.3, 0.4) is 0 Å². The number of ether oxygens (including phenoxy) is 1. The van der Waals surface area contributed by atoms with Gasteiger partial charge < -0.3 is 15.1 Å². The van der Waals surface area contributed by atoms with Crippen LogP contribution < -0.4 is 11.3 Å². The number of rotatable bonds is 6. The van der Waals surface area contributed by atoms with E-state index in [1.165, 1.54) is 23.1 Å². The molecule has 0 saturated carbocycles. The molecule has 100 valence electrons. The van der Waals surface area contributed by atoms with Gasteiger partial charge in [-0.05, 0) is 19.1 Å². The van der Waals surface area contributed by atoms with Crippen molar-refractivity contribution >= 4 is 11.6 Å². The molecule has 0 fully saturated rings. The highest BCUT2D eigenvalue weighted by atomic mass is 19.1. The SMILES string of the molecule is CCOCCN(C)C(=O)c1cccc(F)c1NN. The molecule has 0 aliphatic heterocycles. The van der Waals surface area contributed by atoms with Crippen LogP contribution in [0, 0.1) is 5.82 Å². The number of nitrogens with one attached hydrogen (secondary N) is 1. The Morgan fingerprint density at radius 3 is 2.89 bits per heavy atom. The molecule has 18 heavy (non-hydrogen) atoms. The molecule has 0 heterocycles. The molecule has 0 atom stereocenters. The van der Waals surface area contributed by atoms with Gasteiger partial charge in [0.15, 0.2) is 0 Å². The zero-order valence-corrected chi connectivity index (χ0v) is 10.6. The second kappa shape index (κ2) is 6.93. The molecule has 1 rings (SSSR count). The number of halogens is 1. The highest BCUT2D eigenvalue weighted by Crippen LogP contribution is 2.19. The first kappa shape index (κ1) is 14.4. The number of nitrogens with two attached hydrogens (primary N) is 1. The third-order valence-corrected chi connectivity index (χ3v) is 2.51. The third kappa shape index (κ3) is 3.41. The molecule has 0 aliphatic rings. The fourth-order valence-electron chi connectivity index (χ4n) is 1.50. The van der Waals surface area contributed by atoms with Gasteiger partial charge in [-0.15, -0.1) is 0 Å². The van der Waals surface area contributed by atoms with E-state index in [9.17, 15) is 9.18 Å². The number of benzene rings is 1. The molecule has 5 nitrogen and oxygen atoms in total. The molecule has 0 aromatic heterocycles. The molecule has 0 bridgehead atoms. The predicted octanol–water partition coefficient (Wildman–Crippen LogP) is 1.22. The minimum absolute atomic E-state index is 0.00533. The molecule has 0 aliphatic carbocycles. The minimum atomic E-state index is -0.554. The number of para-hydroxylation sites is 1. The van der Waals surface area contributed by atoms with Gasteiger partial charge in [0.2, 0.25) is 0 Å². The molecule has 3 N–H and O–H groups in total. The summed E-state index contributed by atoms with van der Waals surface area (Å²) in [4.78, 5) is 13.5. The monoisotopic (exact) mass is 255 g/mol.